The molecule has 0 saturated heterocycles. The minimum absolute atomic E-state index is 0.147. The lowest BCUT2D eigenvalue weighted by atomic mass is 9.64. The van der Waals surface area contributed by atoms with Crippen molar-refractivity contribution < 1.29 is 4.79 Å². The maximum atomic E-state index is 12.8. The predicted octanol–water partition coefficient (Wildman–Crippen LogP) is 4.68. The molecule has 0 bridgehead atoms. The molecule has 2 aromatic carbocycles. The van der Waals surface area contributed by atoms with Gasteiger partial charge in [0.25, 0.3) is 0 Å². The molecular weight excluding hydrogens is 306 g/mol. The molecule has 1 saturated carbocycles. The van der Waals surface area contributed by atoms with Crippen LogP contribution in [0.4, 0.5) is 0 Å². The normalized spacial score (nSPS) is 17.1. The molecule has 0 radical (unpaired) electrons. The van der Waals surface area contributed by atoms with Crippen LogP contribution >= 0.6 is 11.6 Å². The van der Waals surface area contributed by atoms with Gasteiger partial charge in [0.2, 0.25) is 5.91 Å². The van der Waals surface area contributed by atoms with Crippen LogP contribution in [0, 0.1) is 0 Å². The Morgan fingerprint density at radius 1 is 1.13 bits per heavy atom. The first-order valence-electron chi connectivity index (χ1n) is 8.21. The van der Waals surface area contributed by atoms with Crippen molar-refractivity contribution in [1.29, 1.82) is 0 Å². The van der Waals surface area contributed by atoms with Crippen molar-refractivity contribution in [1.82, 2.24) is 5.32 Å². The average molecular weight is 328 g/mol. The van der Waals surface area contributed by atoms with Crippen LogP contribution in [0.15, 0.2) is 54.6 Å². The summed E-state index contributed by atoms with van der Waals surface area (Å²) in [6.45, 7) is 2.81. The lowest BCUT2D eigenvalue weighted by molar-refractivity contribution is -0.130. The Balaban J connectivity index is 1.68. The van der Waals surface area contributed by atoms with Crippen LogP contribution in [0.1, 0.15) is 43.2 Å². The van der Waals surface area contributed by atoms with E-state index in [4.69, 9.17) is 11.6 Å². The van der Waals surface area contributed by atoms with Crippen molar-refractivity contribution >= 4 is 17.5 Å². The van der Waals surface area contributed by atoms with Gasteiger partial charge in [-0.1, -0.05) is 67.4 Å². The number of amides is 1. The van der Waals surface area contributed by atoms with Crippen molar-refractivity contribution in [2.45, 2.75) is 37.5 Å². The number of rotatable bonds is 5. The number of halogens is 1. The van der Waals surface area contributed by atoms with Crippen LogP contribution < -0.4 is 5.32 Å². The first-order chi connectivity index (χ1) is 11.1. The number of hydrogen-bond donors (Lipinski definition) is 1. The Morgan fingerprint density at radius 3 is 2.35 bits per heavy atom. The molecule has 2 nitrogen and oxygen atoms in total. The fraction of sp³-hybridized carbons (Fsp3) is 0.350. The zero-order valence-corrected chi connectivity index (χ0v) is 14.1. The first-order valence-corrected chi connectivity index (χ1v) is 8.59. The van der Waals surface area contributed by atoms with Crippen LogP contribution in [0.25, 0.3) is 0 Å². The van der Waals surface area contributed by atoms with Crippen LogP contribution in [0.2, 0.25) is 5.02 Å². The summed E-state index contributed by atoms with van der Waals surface area (Å²) < 4.78 is 0. The SMILES string of the molecule is C[C@@H](CNC(=O)C1(c2ccc(Cl)cc2)CCC1)c1ccccc1. The van der Waals surface area contributed by atoms with Gasteiger partial charge in [0.05, 0.1) is 5.41 Å². The average Bonchev–Trinajstić information content (AvgIpc) is 2.54. The van der Waals surface area contributed by atoms with Crippen molar-refractivity contribution in [3.05, 3.63) is 70.7 Å². The number of hydrogen-bond acceptors (Lipinski definition) is 1. The zero-order valence-electron chi connectivity index (χ0n) is 13.4. The Bertz CT molecular complexity index is 662. The molecule has 1 aliphatic rings. The minimum atomic E-state index is -0.360. The fourth-order valence-electron chi connectivity index (χ4n) is 3.26. The molecule has 1 N–H and O–H groups in total. The van der Waals surface area contributed by atoms with E-state index in [1.165, 1.54) is 5.56 Å². The van der Waals surface area contributed by atoms with Crippen LogP contribution in [0.5, 0.6) is 0 Å². The molecule has 1 aliphatic carbocycles. The molecule has 0 aromatic heterocycles. The Kier molecular flexibility index (Phi) is 4.72. The lowest BCUT2D eigenvalue weighted by Crippen LogP contribution is -2.49. The van der Waals surface area contributed by atoms with Crippen LogP contribution in [0.3, 0.4) is 0 Å². The third kappa shape index (κ3) is 3.28. The largest absolute Gasteiger partial charge is 0.355 e. The van der Waals surface area contributed by atoms with E-state index in [-0.39, 0.29) is 11.3 Å². The summed E-state index contributed by atoms with van der Waals surface area (Å²) in [5.41, 5.74) is 1.97. The lowest BCUT2D eigenvalue weighted by Gasteiger charge is -2.41. The summed E-state index contributed by atoms with van der Waals surface area (Å²) in [7, 11) is 0. The second kappa shape index (κ2) is 6.76. The van der Waals surface area contributed by atoms with Gasteiger partial charge in [-0.2, -0.15) is 0 Å². The standard InChI is InChI=1S/C20H22ClNO/c1-15(16-6-3-2-4-7-16)14-22-19(23)20(12-5-13-20)17-8-10-18(21)11-9-17/h2-4,6-11,15H,5,12-14H2,1H3,(H,22,23)/t15-/m0/s1. The van der Waals surface area contributed by atoms with Gasteiger partial charge < -0.3 is 5.32 Å². The summed E-state index contributed by atoms with van der Waals surface area (Å²) in [5.74, 6) is 0.455. The minimum Gasteiger partial charge on any atom is -0.355 e. The number of nitrogens with one attached hydrogen (secondary N) is 1. The quantitative estimate of drug-likeness (QED) is 0.848. The summed E-state index contributed by atoms with van der Waals surface area (Å²) in [6, 6.07) is 18.0. The summed E-state index contributed by atoms with van der Waals surface area (Å²) in [6.07, 6.45) is 2.94. The van der Waals surface area contributed by atoms with Crippen molar-refractivity contribution in [2.75, 3.05) is 6.54 Å². The van der Waals surface area contributed by atoms with E-state index < -0.39 is 0 Å². The number of benzene rings is 2. The van der Waals surface area contributed by atoms with E-state index in [1.807, 2.05) is 42.5 Å². The molecule has 1 atom stereocenters. The van der Waals surface area contributed by atoms with E-state index >= 15 is 0 Å². The highest BCUT2D eigenvalue weighted by Crippen LogP contribution is 2.44. The van der Waals surface area contributed by atoms with E-state index in [2.05, 4.69) is 24.4 Å². The van der Waals surface area contributed by atoms with Gasteiger partial charge in [-0.05, 0) is 42.0 Å². The van der Waals surface area contributed by atoms with Gasteiger partial charge in [-0.15, -0.1) is 0 Å². The van der Waals surface area contributed by atoms with Gasteiger partial charge in [-0.25, -0.2) is 0 Å². The highest BCUT2D eigenvalue weighted by atomic mass is 35.5. The third-order valence-electron chi connectivity index (χ3n) is 4.98. The fourth-order valence-corrected chi connectivity index (χ4v) is 3.39. The molecule has 23 heavy (non-hydrogen) atoms. The molecule has 2 aromatic rings. The first kappa shape index (κ1) is 16.1. The monoisotopic (exact) mass is 327 g/mol. The van der Waals surface area contributed by atoms with Gasteiger partial charge in [0.15, 0.2) is 0 Å². The molecule has 1 amide bonds. The molecule has 0 heterocycles. The highest BCUT2D eigenvalue weighted by Gasteiger charge is 2.45. The summed E-state index contributed by atoms with van der Waals surface area (Å²) in [4.78, 5) is 12.8. The topological polar surface area (TPSA) is 29.1 Å². The molecule has 1 fully saturated rings. The molecule has 0 unspecified atom stereocenters. The van der Waals surface area contributed by atoms with Crippen molar-refractivity contribution in [3.63, 3.8) is 0 Å². The smallest absolute Gasteiger partial charge is 0.230 e. The van der Waals surface area contributed by atoms with E-state index in [1.54, 1.807) is 0 Å². The molecule has 0 aliphatic heterocycles. The second-order valence-corrected chi connectivity index (χ2v) is 6.90. The molecule has 3 rings (SSSR count). The maximum absolute atomic E-state index is 12.8. The van der Waals surface area contributed by atoms with Crippen molar-refractivity contribution in [2.24, 2.45) is 0 Å². The van der Waals surface area contributed by atoms with Gasteiger partial charge >= 0.3 is 0 Å². The Labute approximate surface area is 142 Å². The van der Waals surface area contributed by atoms with E-state index in [0.717, 1.165) is 24.8 Å². The van der Waals surface area contributed by atoms with E-state index in [0.29, 0.717) is 17.5 Å². The van der Waals surface area contributed by atoms with Crippen LogP contribution in [-0.2, 0) is 10.2 Å². The third-order valence-corrected chi connectivity index (χ3v) is 5.23. The second-order valence-electron chi connectivity index (χ2n) is 6.46. The van der Waals surface area contributed by atoms with Gasteiger partial charge in [0, 0.05) is 11.6 Å². The predicted molar refractivity (Wildman–Crippen MR) is 94.8 cm³/mol. The molecule has 3 heteroatoms. The molecule has 0 spiro atoms. The van der Waals surface area contributed by atoms with Crippen LogP contribution in [-0.4, -0.2) is 12.5 Å². The Morgan fingerprint density at radius 2 is 1.78 bits per heavy atom. The van der Waals surface area contributed by atoms with Gasteiger partial charge in [0.1, 0.15) is 0 Å². The Hall–Kier alpha value is -1.80. The van der Waals surface area contributed by atoms with E-state index in [9.17, 15) is 4.79 Å². The summed E-state index contributed by atoms with van der Waals surface area (Å²) in [5, 5.41) is 3.87. The highest BCUT2D eigenvalue weighted by molar-refractivity contribution is 6.30. The molecule has 120 valence electrons. The maximum Gasteiger partial charge on any atom is 0.230 e. The number of carbonyl (C=O) groups excluding carboxylic acids is 1. The summed E-state index contributed by atoms with van der Waals surface area (Å²) >= 11 is 5.97. The number of carbonyl (C=O) groups is 1. The van der Waals surface area contributed by atoms with Gasteiger partial charge in [-0.3, -0.25) is 4.79 Å². The van der Waals surface area contributed by atoms with Crippen molar-refractivity contribution in [3.8, 4) is 0 Å². The zero-order chi connectivity index (χ0) is 16.3. The molecular formula is C20H22ClNO.